The second kappa shape index (κ2) is 5.82. The van der Waals surface area contributed by atoms with Crippen LogP contribution in [-0.4, -0.2) is 4.57 Å². The maximum Gasteiger partial charge on any atom is 0.270 e. The molecule has 0 N–H and O–H groups in total. The van der Waals surface area contributed by atoms with E-state index in [4.69, 9.17) is 16.9 Å². The molecule has 0 atom stereocenters. The van der Waals surface area contributed by atoms with Crippen LogP contribution in [0.3, 0.4) is 0 Å². The number of benzene rings is 2. The summed E-state index contributed by atoms with van der Waals surface area (Å²) in [5, 5.41) is 9.38. The topological polar surface area (TPSA) is 45.8 Å². The van der Waals surface area contributed by atoms with Crippen LogP contribution in [0.4, 0.5) is 8.78 Å². The summed E-state index contributed by atoms with van der Waals surface area (Å²) in [6.45, 7) is 0.118. The summed E-state index contributed by atoms with van der Waals surface area (Å²) < 4.78 is 27.8. The molecular weight excluding hydrogens is 322 g/mol. The molecule has 0 amide bonds. The molecule has 2 aromatic carbocycles. The molecule has 0 spiro atoms. The highest BCUT2D eigenvalue weighted by atomic mass is 35.5. The fourth-order valence-corrected chi connectivity index (χ4v) is 2.69. The molecule has 1 aromatic heterocycles. The van der Waals surface area contributed by atoms with Gasteiger partial charge in [-0.25, -0.2) is 8.78 Å². The molecular formula is C17H9ClF2N2O. The summed E-state index contributed by atoms with van der Waals surface area (Å²) >= 11 is 6.06. The van der Waals surface area contributed by atoms with Crippen LogP contribution in [0.1, 0.15) is 11.1 Å². The number of hydrogen-bond acceptors (Lipinski definition) is 2. The zero-order valence-corrected chi connectivity index (χ0v) is 12.4. The van der Waals surface area contributed by atoms with Gasteiger partial charge >= 0.3 is 0 Å². The lowest BCUT2D eigenvalue weighted by Crippen LogP contribution is -2.24. The van der Waals surface area contributed by atoms with Gasteiger partial charge in [0.2, 0.25) is 0 Å². The van der Waals surface area contributed by atoms with Crippen LogP contribution in [0.25, 0.3) is 10.9 Å². The monoisotopic (exact) mass is 330 g/mol. The van der Waals surface area contributed by atoms with E-state index >= 15 is 0 Å². The maximum atomic E-state index is 13.5. The van der Waals surface area contributed by atoms with Crippen molar-refractivity contribution in [2.75, 3.05) is 0 Å². The van der Waals surface area contributed by atoms with E-state index in [-0.39, 0.29) is 28.3 Å². The van der Waals surface area contributed by atoms with Gasteiger partial charge in [-0.05, 0) is 35.9 Å². The Morgan fingerprint density at radius 2 is 1.74 bits per heavy atom. The van der Waals surface area contributed by atoms with Gasteiger partial charge in [0.1, 0.15) is 23.3 Å². The average molecular weight is 331 g/mol. The van der Waals surface area contributed by atoms with Gasteiger partial charge in [0, 0.05) is 5.39 Å². The number of fused-ring (bicyclic) bond motifs is 1. The van der Waals surface area contributed by atoms with Gasteiger partial charge in [0.25, 0.3) is 5.56 Å². The Morgan fingerprint density at radius 3 is 2.39 bits per heavy atom. The number of aromatic nitrogens is 1. The fraction of sp³-hybridized carbons (Fsp3) is 0.0588. The summed E-state index contributed by atoms with van der Waals surface area (Å²) in [6.07, 6.45) is 0. The molecule has 0 aliphatic heterocycles. The molecule has 1 heterocycles. The zero-order chi connectivity index (χ0) is 16.6. The van der Waals surface area contributed by atoms with E-state index in [0.717, 1.165) is 0 Å². The molecule has 23 heavy (non-hydrogen) atoms. The molecule has 3 nitrogen and oxygen atoms in total. The summed E-state index contributed by atoms with van der Waals surface area (Å²) in [6, 6.07) is 11.2. The van der Waals surface area contributed by atoms with E-state index in [2.05, 4.69) is 0 Å². The highest BCUT2D eigenvalue weighted by molar-refractivity contribution is 6.36. The van der Waals surface area contributed by atoms with Gasteiger partial charge in [-0.15, -0.1) is 0 Å². The Labute approximate surface area is 135 Å². The SMILES string of the molecule is N#Cc1c(Cl)c2cc(F)ccc2n(Cc2ccc(F)cc2)c1=O. The van der Waals surface area contributed by atoms with E-state index in [1.165, 1.54) is 47.0 Å². The normalized spacial score (nSPS) is 10.7. The summed E-state index contributed by atoms with van der Waals surface area (Å²) in [5.41, 5.74) is 0.267. The number of nitriles is 1. The van der Waals surface area contributed by atoms with Crippen molar-refractivity contribution in [1.82, 2.24) is 4.57 Å². The molecule has 0 fully saturated rings. The first-order chi connectivity index (χ1) is 11.0. The van der Waals surface area contributed by atoms with Gasteiger partial charge in [-0.3, -0.25) is 4.79 Å². The Balaban J connectivity index is 2.29. The predicted octanol–water partition coefficient (Wildman–Crippen LogP) is 3.85. The largest absolute Gasteiger partial charge is 0.303 e. The second-order valence-electron chi connectivity index (χ2n) is 4.98. The minimum Gasteiger partial charge on any atom is -0.303 e. The third-order valence-electron chi connectivity index (χ3n) is 3.53. The molecule has 0 radical (unpaired) electrons. The van der Waals surface area contributed by atoms with Crippen molar-refractivity contribution < 1.29 is 8.78 Å². The summed E-state index contributed by atoms with van der Waals surface area (Å²) in [4.78, 5) is 12.5. The second-order valence-corrected chi connectivity index (χ2v) is 5.36. The van der Waals surface area contributed by atoms with Crippen LogP contribution in [0.15, 0.2) is 47.3 Å². The lowest BCUT2D eigenvalue weighted by Gasteiger charge is -2.13. The zero-order valence-electron chi connectivity index (χ0n) is 11.7. The lowest BCUT2D eigenvalue weighted by molar-refractivity contribution is 0.625. The molecule has 114 valence electrons. The van der Waals surface area contributed by atoms with Gasteiger partial charge < -0.3 is 4.57 Å². The van der Waals surface area contributed by atoms with E-state index in [0.29, 0.717) is 11.1 Å². The number of nitrogens with zero attached hydrogens (tertiary/aromatic N) is 2. The Bertz CT molecular complexity index is 1000. The van der Waals surface area contributed by atoms with Crippen molar-refractivity contribution in [3.8, 4) is 6.07 Å². The molecule has 0 aliphatic rings. The highest BCUT2D eigenvalue weighted by Gasteiger charge is 2.16. The van der Waals surface area contributed by atoms with Gasteiger partial charge in [0.15, 0.2) is 0 Å². The molecule has 0 unspecified atom stereocenters. The fourth-order valence-electron chi connectivity index (χ4n) is 2.42. The maximum absolute atomic E-state index is 13.5. The first-order valence-electron chi connectivity index (χ1n) is 6.67. The van der Waals surface area contributed by atoms with E-state index < -0.39 is 11.4 Å². The molecule has 3 aromatic rings. The molecule has 3 rings (SSSR count). The Kier molecular flexibility index (Phi) is 3.85. The number of hydrogen-bond donors (Lipinski definition) is 0. The van der Waals surface area contributed by atoms with Crippen molar-refractivity contribution in [2.24, 2.45) is 0 Å². The Morgan fingerprint density at radius 1 is 1.09 bits per heavy atom. The van der Waals surface area contributed by atoms with Gasteiger partial charge in [-0.2, -0.15) is 5.26 Å². The van der Waals surface area contributed by atoms with Crippen LogP contribution < -0.4 is 5.56 Å². The quantitative estimate of drug-likeness (QED) is 0.716. The van der Waals surface area contributed by atoms with Crippen LogP contribution in [-0.2, 0) is 6.54 Å². The molecule has 0 saturated carbocycles. The summed E-state index contributed by atoms with van der Waals surface area (Å²) in [7, 11) is 0. The van der Waals surface area contributed by atoms with Crippen LogP contribution in [0.5, 0.6) is 0 Å². The lowest BCUT2D eigenvalue weighted by atomic mass is 10.1. The number of pyridine rings is 1. The van der Waals surface area contributed by atoms with Crippen molar-refractivity contribution in [3.05, 3.63) is 80.6 Å². The minimum atomic E-state index is -0.569. The number of halogens is 3. The first-order valence-corrected chi connectivity index (χ1v) is 7.05. The van der Waals surface area contributed by atoms with Crippen LogP contribution >= 0.6 is 11.6 Å². The first kappa shape index (κ1) is 15.2. The van der Waals surface area contributed by atoms with Crippen molar-refractivity contribution in [3.63, 3.8) is 0 Å². The van der Waals surface area contributed by atoms with Crippen LogP contribution in [0, 0.1) is 23.0 Å². The smallest absolute Gasteiger partial charge is 0.270 e. The molecule has 0 bridgehead atoms. The average Bonchev–Trinajstić information content (AvgIpc) is 2.54. The van der Waals surface area contributed by atoms with Gasteiger partial charge in [0.05, 0.1) is 17.1 Å². The minimum absolute atomic E-state index is 0.0673. The van der Waals surface area contributed by atoms with Crippen molar-refractivity contribution >= 4 is 22.5 Å². The third kappa shape index (κ3) is 2.69. The Hall–Kier alpha value is -2.71. The standard InChI is InChI=1S/C17H9ClF2N2O/c18-16-13-7-12(20)5-6-15(13)22(17(23)14(16)8-21)9-10-1-3-11(19)4-2-10/h1-7H,9H2. The van der Waals surface area contributed by atoms with Crippen molar-refractivity contribution in [1.29, 1.82) is 5.26 Å². The van der Waals surface area contributed by atoms with Gasteiger partial charge in [-0.1, -0.05) is 23.7 Å². The number of rotatable bonds is 2. The van der Waals surface area contributed by atoms with E-state index in [1.54, 1.807) is 6.07 Å². The third-order valence-corrected chi connectivity index (χ3v) is 3.92. The molecule has 0 aliphatic carbocycles. The van der Waals surface area contributed by atoms with Crippen LogP contribution in [0.2, 0.25) is 5.02 Å². The van der Waals surface area contributed by atoms with E-state index in [1.807, 2.05) is 0 Å². The van der Waals surface area contributed by atoms with Crippen molar-refractivity contribution in [2.45, 2.75) is 6.54 Å². The van der Waals surface area contributed by atoms with E-state index in [9.17, 15) is 13.6 Å². The highest BCUT2D eigenvalue weighted by Crippen LogP contribution is 2.26. The molecule has 0 saturated heterocycles. The summed E-state index contributed by atoms with van der Waals surface area (Å²) in [5.74, 6) is -0.905. The predicted molar refractivity (Wildman–Crippen MR) is 83.4 cm³/mol. The molecule has 6 heteroatoms.